The van der Waals surface area contributed by atoms with E-state index in [-0.39, 0.29) is 12.6 Å². The Morgan fingerprint density at radius 2 is 2.43 bits per heavy atom. The lowest BCUT2D eigenvalue weighted by Gasteiger charge is -2.04. The number of aliphatic hydroxyl groups is 1. The molecule has 1 aromatic rings. The number of aryl methyl sites for hydroxylation is 1. The van der Waals surface area contributed by atoms with Crippen LogP contribution in [0, 0.1) is 0 Å². The normalized spacial score (nSPS) is 13.1. The first kappa shape index (κ1) is 11.2. The molecule has 0 saturated carbocycles. The van der Waals surface area contributed by atoms with Crippen molar-refractivity contribution in [1.82, 2.24) is 9.97 Å². The minimum absolute atomic E-state index is 0.0172. The Labute approximate surface area is 84.5 Å². The van der Waals surface area contributed by atoms with E-state index in [2.05, 4.69) is 16.9 Å². The zero-order chi connectivity index (χ0) is 10.4. The van der Waals surface area contributed by atoms with Crippen LogP contribution in [0.1, 0.15) is 31.3 Å². The van der Waals surface area contributed by atoms with Gasteiger partial charge in [-0.25, -0.2) is 4.98 Å². The molecule has 14 heavy (non-hydrogen) atoms. The fraction of sp³-hybridized carbons (Fsp3) is 0.700. The Morgan fingerprint density at radius 1 is 1.64 bits per heavy atom. The summed E-state index contributed by atoms with van der Waals surface area (Å²) in [5.74, 6) is 1.02. The Morgan fingerprint density at radius 3 is 3.07 bits per heavy atom. The summed E-state index contributed by atoms with van der Waals surface area (Å²) >= 11 is 0. The first-order valence-corrected chi connectivity index (χ1v) is 5.15. The van der Waals surface area contributed by atoms with Gasteiger partial charge in [0.15, 0.2) is 0 Å². The topological polar surface area (TPSA) is 74.9 Å². The number of unbranched alkanes of at least 4 members (excludes halogenated alkanes) is 1. The van der Waals surface area contributed by atoms with Gasteiger partial charge in [0.2, 0.25) is 0 Å². The van der Waals surface area contributed by atoms with Crippen LogP contribution in [0.25, 0.3) is 0 Å². The quantitative estimate of drug-likeness (QED) is 0.625. The molecule has 4 heteroatoms. The van der Waals surface area contributed by atoms with Gasteiger partial charge in [-0.15, -0.1) is 0 Å². The largest absolute Gasteiger partial charge is 0.395 e. The lowest BCUT2D eigenvalue weighted by molar-refractivity contribution is 0.264. The summed E-state index contributed by atoms with van der Waals surface area (Å²) in [5, 5.41) is 8.79. The first-order chi connectivity index (χ1) is 6.76. The number of nitrogens with two attached hydrogens (primary N) is 1. The number of hydrogen-bond acceptors (Lipinski definition) is 3. The van der Waals surface area contributed by atoms with Gasteiger partial charge in [-0.3, -0.25) is 0 Å². The van der Waals surface area contributed by atoms with Crippen molar-refractivity contribution < 1.29 is 5.11 Å². The van der Waals surface area contributed by atoms with Crippen molar-refractivity contribution in [2.75, 3.05) is 6.61 Å². The van der Waals surface area contributed by atoms with Gasteiger partial charge in [-0.1, -0.05) is 13.3 Å². The van der Waals surface area contributed by atoms with Gasteiger partial charge in [0, 0.05) is 30.8 Å². The number of imidazole rings is 1. The number of aromatic amines is 1. The van der Waals surface area contributed by atoms with E-state index in [1.54, 1.807) is 6.20 Å². The van der Waals surface area contributed by atoms with Crippen LogP contribution < -0.4 is 5.73 Å². The van der Waals surface area contributed by atoms with Crippen LogP contribution in [0.2, 0.25) is 0 Å². The third-order valence-electron chi connectivity index (χ3n) is 2.16. The van der Waals surface area contributed by atoms with Gasteiger partial charge in [-0.2, -0.15) is 0 Å². The van der Waals surface area contributed by atoms with E-state index in [0.717, 1.165) is 24.4 Å². The monoisotopic (exact) mass is 197 g/mol. The maximum Gasteiger partial charge on any atom is 0.106 e. The Hall–Kier alpha value is -0.870. The third kappa shape index (κ3) is 3.47. The van der Waals surface area contributed by atoms with Crippen LogP contribution in [0.15, 0.2) is 6.20 Å². The van der Waals surface area contributed by atoms with Crippen LogP contribution in [-0.2, 0) is 12.8 Å². The number of aliphatic hydroxyl groups excluding tert-OH is 1. The summed E-state index contributed by atoms with van der Waals surface area (Å²) < 4.78 is 0. The van der Waals surface area contributed by atoms with Crippen LogP contribution in [0.3, 0.4) is 0 Å². The SMILES string of the molecule is CCCCc1ncc(C[C@H](N)CO)[nH]1. The van der Waals surface area contributed by atoms with Crippen molar-refractivity contribution in [1.29, 1.82) is 0 Å². The van der Waals surface area contributed by atoms with Crippen LogP contribution >= 0.6 is 0 Å². The van der Waals surface area contributed by atoms with E-state index in [1.807, 2.05) is 0 Å². The van der Waals surface area contributed by atoms with Gasteiger partial charge >= 0.3 is 0 Å². The Kier molecular flexibility index (Phi) is 4.62. The fourth-order valence-corrected chi connectivity index (χ4v) is 1.33. The van der Waals surface area contributed by atoms with Gasteiger partial charge in [-0.05, 0) is 6.42 Å². The highest BCUT2D eigenvalue weighted by Gasteiger charge is 2.05. The summed E-state index contributed by atoms with van der Waals surface area (Å²) in [6, 6.07) is -0.186. The van der Waals surface area contributed by atoms with Gasteiger partial charge in [0.05, 0.1) is 6.61 Å². The predicted molar refractivity (Wildman–Crippen MR) is 56.0 cm³/mol. The zero-order valence-electron chi connectivity index (χ0n) is 8.66. The molecule has 0 aliphatic carbocycles. The van der Waals surface area contributed by atoms with Crippen molar-refractivity contribution in [2.45, 2.75) is 38.6 Å². The number of aromatic nitrogens is 2. The van der Waals surface area contributed by atoms with Crippen molar-refractivity contribution >= 4 is 0 Å². The van der Waals surface area contributed by atoms with E-state index < -0.39 is 0 Å². The molecular weight excluding hydrogens is 178 g/mol. The highest BCUT2D eigenvalue weighted by Crippen LogP contribution is 2.03. The highest BCUT2D eigenvalue weighted by atomic mass is 16.3. The maximum atomic E-state index is 8.79. The number of nitrogens with zero attached hydrogens (tertiary/aromatic N) is 1. The maximum absolute atomic E-state index is 8.79. The molecule has 0 amide bonds. The lowest BCUT2D eigenvalue weighted by atomic mass is 10.2. The molecule has 1 heterocycles. The van der Waals surface area contributed by atoms with E-state index in [9.17, 15) is 0 Å². The van der Waals surface area contributed by atoms with Crippen molar-refractivity contribution in [3.63, 3.8) is 0 Å². The molecular formula is C10H19N3O. The van der Waals surface area contributed by atoms with Gasteiger partial charge < -0.3 is 15.8 Å². The molecule has 0 bridgehead atoms. The minimum Gasteiger partial charge on any atom is -0.395 e. The molecule has 4 N–H and O–H groups in total. The molecule has 0 saturated heterocycles. The molecule has 1 atom stereocenters. The zero-order valence-corrected chi connectivity index (χ0v) is 8.66. The van der Waals surface area contributed by atoms with E-state index >= 15 is 0 Å². The van der Waals surface area contributed by atoms with Crippen molar-refractivity contribution in [3.8, 4) is 0 Å². The van der Waals surface area contributed by atoms with Crippen molar-refractivity contribution in [2.24, 2.45) is 5.73 Å². The van der Waals surface area contributed by atoms with Gasteiger partial charge in [0.1, 0.15) is 5.82 Å². The Balaban J connectivity index is 2.42. The smallest absolute Gasteiger partial charge is 0.106 e. The Bertz CT molecular complexity index is 260. The molecule has 0 spiro atoms. The van der Waals surface area contributed by atoms with E-state index in [0.29, 0.717) is 6.42 Å². The first-order valence-electron chi connectivity index (χ1n) is 5.15. The van der Waals surface area contributed by atoms with Gasteiger partial charge in [0.25, 0.3) is 0 Å². The number of H-pyrrole nitrogens is 1. The average Bonchev–Trinajstić information content (AvgIpc) is 2.62. The molecule has 1 aromatic heterocycles. The average molecular weight is 197 g/mol. The molecule has 80 valence electrons. The standard InChI is InChI=1S/C10H19N3O/c1-2-3-4-10-12-6-9(13-10)5-8(11)7-14/h6,8,14H,2-5,7,11H2,1H3,(H,12,13)/t8-/m0/s1. The fourth-order valence-electron chi connectivity index (χ4n) is 1.33. The van der Waals surface area contributed by atoms with E-state index in [1.165, 1.54) is 6.42 Å². The number of hydrogen-bond donors (Lipinski definition) is 3. The minimum atomic E-state index is -0.186. The molecule has 0 aliphatic rings. The highest BCUT2D eigenvalue weighted by molar-refractivity contribution is 5.03. The second-order valence-corrected chi connectivity index (χ2v) is 3.61. The molecule has 1 rings (SSSR count). The summed E-state index contributed by atoms with van der Waals surface area (Å²) in [6.07, 6.45) is 5.78. The summed E-state index contributed by atoms with van der Waals surface area (Å²) in [5.41, 5.74) is 6.63. The molecule has 0 aromatic carbocycles. The number of nitrogens with one attached hydrogen (secondary N) is 1. The predicted octanol–water partition coefficient (Wildman–Crippen LogP) is 0.614. The van der Waals surface area contributed by atoms with Crippen LogP contribution in [0.5, 0.6) is 0 Å². The van der Waals surface area contributed by atoms with Crippen molar-refractivity contribution in [3.05, 3.63) is 17.7 Å². The summed E-state index contributed by atoms with van der Waals surface area (Å²) in [4.78, 5) is 7.46. The third-order valence-corrected chi connectivity index (χ3v) is 2.16. The molecule has 0 fully saturated rings. The molecule has 0 unspecified atom stereocenters. The van der Waals surface area contributed by atoms with Crippen LogP contribution in [-0.4, -0.2) is 27.7 Å². The second-order valence-electron chi connectivity index (χ2n) is 3.61. The summed E-state index contributed by atoms with van der Waals surface area (Å²) in [7, 11) is 0. The van der Waals surface area contributed by atoms with Crippen LogP contribution in [0.4, 0.5) is 0 Å². The second kappa shape index (κ2) is 5.78. The van der Waals surface area contributed by atoms with E-state index in [4.69, 9.17) is 10.8 Å². The molecule has 4 nitrogen and oxygen atoms in total. The summed E-state index contributed by atoms with van der Waals surface area (Å²) in [6.45, 7) is 2.18. The molecule has 0 aliphatic heterocycles. The molecule has 0 radical (unpaired) electrons. The lowest BCUT2D eigenvalue weighted by Crippen LogP contribution is -2.26. The number of rotatable bonds is 6.